The molecule has 0 heterocycles. The van der Waals surface area contributed by atoms with E-state index < -0.39 is 12.0 Å². The Bertz CT molecular complexity index is 921. The highest BCUT2D eigenvalue weighted by Crippen LogP contribution is 2.39. The molecule has 0 aromatic heterocycles. The lowest BCUT2D eigenvalue weighted by Gasteiger charge is -2.35. The largest absolute Gasteiger partial charge is 0.497 e. The number of carbonyl (C=O) groups excluding carboxylic acids is 1. The molecule has 1 atom stereocenters. The summed E-state index contributed by atoms with van der Waals surface area (Å²) in [5.74, 6) is 0.322. The molecular weight excluding hydrogens is 350 g/mol. The minimum absolute atomic E-state index is 0.355. The molecular formula is C24H23NO3. The van der Waals surface area contributed by atoms with Gasteiger partial charge >= 0.3 is 5.97 Å². The molecule has 0 bridgehead atoms. The third-order valence-electron chi connectivity index (χ3n) is 4.54. The third kappa shape index (κ3) is 4.07. The van der Waals surface area contributed by atoms with E-state index in [-0.39, 0.29) is 0 Å². The van der Waals surface area contributed by atoms with Crippen molar-refractivity contribution in [3.05, 3.63) is 103 Å². The van der Waals surface area contributed by atoms with Gasteiger partial charge in [-0.25, -0.2) is 4.79 Å². The van der Waals surface area contributed by atoms with Crippen LogP contribution in [0.5, 0.6) is 5.75 Å². The summed E-state index contributed by atoms with van der Waals surface area (Å²) in [6.45, 7) is 4.07. The van der Waals surface area contributed by atoms with Crippen molar-refractivity contribution in [1.82, 2.24) is 0 Å². The number of ether oxygens (including phenoxy) is 2. The van der Waals surface area contributed by atoms with Crippen molar-refractivity contribution in [3.63, 3.8) is 0 Å². The van der Waals surface area contributed by atoms with Crippen molar-refractivity contribution in [1.29, 1.82) is 0 Å². The molecule has 0 N–H and O–H groups in total. The maximum atomic E-state index is 12.4. The second-order valence-electron chi connectivity index (χ2n) is 6.23. The molecule has 0 saturated heterocycles. The van der Waals surface area contributed by atoms with Gasteiger partial charge in [-0.05, 0) is 42.0 Å². The van der Waals surface area contributed by atoms with Crippen LogP contribution in [0.4, 0.5) is 11.4 Å². The molecule has 4 heteroatoms. The highest BCUT2D eigenvalue weighted by atomic mass is 16.5. The number of benzene rings is 3. The summed E-state index contributed by atoms with van der Waals surface area (Å²) in [5, 5.41) is 0. The van der Waals surface area contributed by atoms with Crippen molar-refractivity contribution >= 4 is 17.3 Å². The topological polar surface area (TPSA) is 38.8 Å². The molecule has 0 amide bonds. The molecule has 4 nitrogen and oxygen atoms in total. The molecule has 3 aromatic rings. The number of nitrogens with zero attached hydrogens (tertiary/aromatic N) is 1. The number of hydrogen-bond donors (Lipinski definition) is 0. The molecule has 0 aliphatic carbocycles. The number of methoxy groups -OCH3 is 2. The Morgan fingerprint density at radius 1 is 0.821 bits per heavy atom. The zero-order chi connectivity index (χ0) is 19.9. The fraction of sp³-hybridized carbons (Fsp3) is 0.125. The van der Waals surface area contributed by atoms with Gasteiger partial charge < -0.3 is 14.4 Å². The van der Waals surface area contributed by atoms with Gasteiger partial charge in [-0.2, -0.15) is 0 Å². The molecule has 0 saturated carbocycles. The molecule has 0 spiro atoms. The Labute approximate surface area is 165 Å². The highest BCUT2D eigenvalue weighted by molar-refractivity contribution is 5.91. The SMILES string of the molecule is C=C(C(=O)OC)C(c1ccccc1)N(c1ccccc1)c1ccc(OC)cc1. The molecule has 3 aromatic carbocycles. The van der Waals surface area contributed by atoms with Gasteiger partial charge in [-0.15, -0.1) is 0 Å². The summed E-state index contributed by atoms with van der Waals surface area (Å²) >= 11 is 0. The zero-order valence-corrected chi connectivity index (χ0v) is 16.0. The Balaban J connectivity index is 2.18. The second kappa shape index (κ2) is 8.91. The maximum absolute atomic E-state index is 12.4. The number of carbonyl (C=O) groups is 1. The zero-order valence-electron chi connectivity index (χ0n) is 16.0. The predicted molar refractivity (Wildman–Crippen MR) is 112 cm³/mol. The van der Waals surface area contributed by atoms with Gasteiger partial charge in [0.15, 0.2) is 0 Å². The van der Waals surface area contributed by atoms with Crippen molar-refractivity contribution in [2.45, 2.75) is 6.04 Å². The van der Waals surface area contributed by atoms with Crippen molar-refractivity contribution in [2.24, 2.45) is 0 Å². The van der Waals surface area contributed by atoms with Crippen LogP contribution < -0.4 is 9.64 Å². The van der Waals surface area contributed by atoms with E-state index in [9.17, 15) is 4.79 Å². The molecule has 0 aliphatic heterocycles. The van der Waals surface area contributed by atoms with Crippen LogP contribution in [0.1, 0.15) is 11.6 Å². The number of rotatable bonds is 7. The molecule has 0 aliphatic rings. The van der Waals surface area contributed by atoms with Gasteiger partial charge in [0, 0.05) is 11.4 Å². The Morgan fingerprint density at radius 2 is 1.36 bits per heavy atom. The van der Waals surface area contributed by atoms with Crippen LogP contribution in [-0.4, -0.2) is 20.2 Å². The van der Waals surface area contributed by atoms with Gasteiger partial charge in [0.2, 0.25) is 0 Å². The van der Waals surface area contributed by atoms with E-state index >= 15 is 0 Å². The molecule has 0 radical (unpaired) electrons. The molecule has 142 valence electrons. The Kier molecular flexibility index (Phi) is 6.12. The fourth-order valence-corrected chi connectivity index (χ4v) is 3.16. The lowest BCUT2D eigenvalue weighted by atomic mass is 9.96. The van der Waals surface area contributed by atoms with Crippen LogP contribution >= 0.6 is 0 Å². The summed E-state index contributed by atoms with van der Waals surface area (Å²) < 4.78 is 10.3. The van der Waals surface area contributed by atoms with Crippen LogP contribution in [0.15, 0.2) is 97.1 Å². The third-order valence-corrected chi connectivity index (χ3v) is 4.54. The summed E-state index contributed by atoms with van der Waals surface area (Å²) in [7, 11) is 3.01. The van der Waals surface area contributed by atoms with Gasteiger partial charge in [0.25, 0.3) is 0 Å². The first-order valence-electron chi connectivity index (χ1n) is 8.96. The first-order chi connectivity index (χ1) is 13.7. The highest BCUT2D eigenvalue weighted by Gasteiger charge is 2.29. The van der Waals surface area contributed by atoms with Crippen molar-refractivity contribution < 1.29 is 14.3 Å². The van der Waals surface area contributed by atoms with Crippen LogP contribution in [0.2, 0.25) is 0 Å². The van der Waals surface area contributed by atoms with Gasteiger partial charge in [-0.3, -0.25) is 0 Å². The maximum Gasteiger partial charge on any atom is 0.335 e. The van der Waals surface area contributed by atoms with E-state index in [0.717, 1.165) is 22.7 Å². The molecule has 28 heavy (non-hydrogen) atoms. The van der Waals surface area contributed by atoms with E-state index in [2.05, 4.69) is 11.5 Å². The molecule has 0 fully saturated rings. The van der Waals surface area contributed by atoms with E-state index in [0.29, 0.717) is 5.57 Å². The average Bonchev–Trinajstić information content (AvgIpc) is 2.77. The standard InChI is InChI=1S/C24H23NO3/c1-18(24(26)28-3)23(19-10-6-4-7-11-19)25(20-12-8-5-9-13-20)21-14-16-22(27-2)17-15-21/h4-17,23H,1H2,2-3H3. The Morgan fingerprint density at radius 3 is 1.89 bits per heavy atom. The van der Waals surface area contributed by atoms with Crippen LogP contribution in [0.25, 0.3) is 0 Å². The summed E-state index contributed by atoms with van der Waals surface area (Å²) in [5.41, 5.74) is 3.14. The summed E-state index contributed by atoms with van der Waals surface area (Å²) in [6, 6.07) is 27.0. The first kappa shape index (κ1) is 19.2. The van der Waals surface area contributed by atoms with E-state index in [1.807, 2.05) is 84.9 Å². The van der Waals surface area contributed by atoms with Crippen LogP contribution in [0.3, 0.4) is 0 Å². The minimum atomic E-state index is -0.441. The van der Waals surface area contributed by atoms with Gasteiger partial charge in [0.1, 0.15) is 5.75 Å². The number of hydrogen-bond acceptors (Lipinski definition) is 4. The lowest BCUT2D eigenvalue weighted by Crippen LogP contribution is -2.28. The summed E-state index contributed by atoms with van der Waals surface area (Å²) in [6.07, 6.45) is 0. The predicted octanol–water partition coefficient (Wildman–Crippen LogP) is 5.30. The van der Waals surface area contributed by atoms with E-state index in [1.54, 1.807) is 7.11 Å². The van der Waals surface area contributed by atoms with Crippen molar-refractivity contribution in [3.8, 4) is 5.75 Å². The van der Waals surface area contributed by atoms with Crippen molar-refractivity contribution in [2.75, 3.05) is 19.1 Å². The minimum Gasteiger partial charge on any atom is -0.497 e. The van der Waals surface area contributed by atoms with E-state index in [4.69, 9.17) is 9.47 Å². The number of anilines is 2. The molecule has 1 unspecified atom stereocenters. The first-order valence-corrected chi connectivity index (χ1v) is 8.96. The smallest absolute Gasteiger partial charge is 0.335 e. The fourth-order valence-electron chi connectivity index (χ4n) is 3.16. The second-order valence-corrected chi connectivity index (χ2v) is 6.23. The van der Waals surface area contributed by atoms with Gasteiger partial charge in [-0.1, -0.05) is 55.1 Å². The van der Waals surface area contributed by atoms with Gasteiger partial charge in [0.05, 0.1) is 25.8 Å². The quantitative estimate of drug-likeness (QED) is 0.416. The van der Waals surface area contributed by atoms with Crippen LogP contribution in [0, 0.1) is 0 Å². The average molecular weight is 373 g/mol. The molecule has 3 rings (SSSR count). The normalized spacial score (nSPS) is 11.4. The van der Waals surface area contributed by atoms with Crippen LogP contribution in [-0.2, 0) is 9.53 Å². The number of esters is 1. The van der Waals surface area contributed by atoms with E-state index in [1.165, 1.54) is 7.11 Å². The lowest BCUT2D eigenvalue weighted by molar-refractivity contribution is -0.136. The summed E-state index contributed by atoms with van der Waals surface area (Å²) in [4.78, 5) is 14.5. The monoisotopic (exact) mass is 373 g/mol. The number of para-hydroxylation sites is 1. The Hall–Kier alpha value is -3.53.